The Morgan fingerprint density at radius 3 is 2.76 bits per heavy atom. The Morgan fingerprint density at radius 1 is 1.24 bits per heavy atom. The first-order chi connectivity index (χ1) is 14.0. The van der Waals surface area contributed by atoms with Crippen LogP contribution in [0.5, 0.6) is 5.75 Å². The Labute approximate surface area is 178 Å². The van der Waals surface area contributed by atoms with Gasteiger partial charge in [-0.1, -0.05) is 26.0 Å². The molecule has 0 aliphatic rings. The fourth-order valence-corrected chi connectivity index (χ4v) is 3.58. The minimum absolute atomic E-state index is 0.482. The summed E-state index contributed by atoms with van der Waals surface area (Å²) in [6.45, 7) is 11.7. The summed E-state index contributed by atoms with van der Waals surface area (Å²) in [5, 5.41) is 10.1. The van der Waals surface area contributed by atoms with Crippen LogP contribution in [-0.4, -0.2) is 44.4 Å². The third kappa shape index (κ3) is 8.03. The predicted octanol–water partition coefficient (Wildman–Crippen LogP) is 3.90. The van der Waals surface area contributed by atoms with Crippen LogP contribution in [0.4, 0.5) is 0 Å². The first-order valence-electron chi connectivity index (χ1n) is 10.2. The molecule has 6 nitrogen and oxygen atoms in total. The molecular formula is C22H34N4O2S. The van der Waals surface area contributed by atoms with Gasteiger partial charge in [0.1, 0.15) is 12.4 Å². The van der Waals surface area contributed by atoms with Crippen LogP contribution >= 0.6 is 11.3 Å². The minimum Gasteiger partial charge on any atom is -0.491 e. The highest BCUT2D eigenvalue weighted by Gasteiger charge is 2.08. The molecule has 1 aromatic heterocycles. The van der Waals surface area contributed by atoms with Crippen molar-refractivity contribution in [2.24, 2.45) is 4.99 Å². The topological polar surface area (TPSA) is 67.8 Å². The molecule has 0 fully saturated rings. The zero-order valence-electron chi connectivity index (χ0n) is 18.2. The van der Waals surface area contributed by atoms with E-state index in [1.54, 1.807) is 18.4 Å². The molecule has 29 heavy (non-hydrogen) atoms. The molecule has 160 valence electrons. The third-order valence-electron chi connectivity index (χ3n) is 4.32. The lowest BCUT2D eigenvalue weighted by Gasteiger charge is -2.15. The Kier molecular flexibility index (Phi) is 9.94. The number of ether oxygens (including phenoxy) is 2. The number of guanidine groups is 1. The van der Waals surface area contributed by atoms with Gasteiger partial charge in [0.2, 0.25) is 0 Å². The molecule has 0 unspecified atom stereocenters. The average Bonchev–Trinajstić information content (AvgIpc) is 3.18. The summed E-state index contributed by atoms with van der Waals surface area (Å²) in [6, 6.07) is 6.25. The number of rotatable bonds is 11. The van der Waals surface area contributed by atoms with Crippen LogP contribution in [0, 0.1) is 6.92 Å². The summed E-state index contributed by atoms with van der Waals surface area (Å²) >= 11 is 1.73. The van der Waals surface area contributed by atoms with Crippen LogP contribution in [0.25, 0.3) is 0 Å². The lowest BCUT2D eigenvalue weighted by atomic mass is 10.1. The van der Waals surface area contributed by atoms with E-state index < -0.39 is 0 Å². The molecule has 1 aromatic carbocycles. The number of nitrogens with zero attached hydrogens (tertiary/aromatic N) is 2. The maximum atomic E-state index is 5.91. The molecular weight excluding hydrogens is 384 g/mol. The van der Waals surface area contributed by atoms with Gasteiger partial charge >= 0.3 is 0 Å². The molecule has 0 radical (unpaired) electrons. The Bertz CT molecular complexity index is 774. The number of aliphatic imine (C=N–C) groups is 1. The summed E-state index contributed by atoms with van der Waals surface area (Å²) in [4.78, 5) is 9.00. The molecule has 0 aliphatic carbocycles. The molecule has 7 heteroatoms. The van der Waals surface area contributed by atoms with E-state index in [1.807, 2.05) is 6.92 Å². The van der Waals surface area contributed by atoms with Crippen LogP contribution in [0.3, 0.4) is 0 Å². The normalized spacial score (nSPS) is 11.7. The van der Waals surface area contributed by atoms with Gasteiger partial charge in [0, 0.05) is 50.0 Å². The minimum atomic E-state index is 0.482. The van der Waals surface area contributed by atoms with Crippen molar-refractivity contribution in [1.82, 2.24) is 15.6 Å². The lowest BCUT2D eigenvalue weighted by Crippen LogP contribution is -2.38. The van der Waals surface area contributed by atoms with Crippen molar-refractivity contribution < 1.29 is 9.47 Å². The smallest absolute Gasteiger partial charge is 0.191 e. The van der Waals surface area contributed by atoms with Crippen LogP contribution in [0.1, 0.15) is 48.5 Å². The van der Waals surface area contributed by atoms with Gasteiger partial charge in [-0.2, -0.15) is 0 Å². The number of aromatic nitrogens is 1. The summed E-state index contributed by atoms with van der Waals surface area (Å²) in [5.41, 5.74) is 3.40. The van der Waals surface area contributed by atoms with Crippen LogP contribution in [0.2, 0.25) is 0 Å². The van der Waals surface area contributed by atoms with Crippen molar-refractivity contribution in [1.29, 1.82) is 0 Å². The van der Waals surface area contributed by atoms with Crippen molar-refractivity contribution in [3.05, 3.63) is 45.4 Å². The zero-order valence-corrected chi connectivity index (χ0v) is 19.1. The van der Waals surface area contributed by atoms with E-state index >= 15 is 0 Å². The molecule has 2 N–H and O–H groups in total. The Balaban J connectivity index is 1.83. The predicted molar refractivity (Wildman–Crippen MR) is 121 cm³/mol. The van der Waals surface area contributed by atoms with Gasteiger partial charge in [-0.05, 0) is 25.5 Å². The van der Waals surface area contributed by atoms with E-state index in [0.717, 1.165) is 35.9 Å². The van der Waals surface area contributed by atoms with Crippen molar-refractivity contribution in [3.63, 3.8) is 0 Å². The number of benzene rings is 1. The second kappa shape index (κ2) is 12.4. The van der Waals surface area contributed by atoms with Gasteiger partial charge in [-0.3, -0.25) is 4.99 Å². The molecule has 2 aromatic rings. The van der Waals surface area contributed by atoms with Gasteiger partial charge in [-0.15, -0.1) is 11.3 Å². The standard InChI is InChI=1S/C22H34N4O2S/c1-6-27-11-12-28-20-13-17(4)7-8-18(20)14-25-22(23-5)24-10-9-19-15-29-21(26-19)16(2)3/h7-8,13,15-16H,6,9-12,14H2,1-5H3,(H2,23,24,25). The van der Waals surface area contributed by atoms with Crippen molar-refractivity contribution in [3.8, 4) is 5.75 Å². The van der Waals surface area contributed by atoms with Crippen molar-refractivity contribution in [2.75, 3.05) is 33.4 Å². The molecule has 0 atom stereocenters. The first-order valence-corrected chi connectivity index (χ1v) is 11.1. The third-order valence-corrected chi connectivity index (χ3v) is 5.51. The second-order valence-corrected chi connectivity index (χ2v) is 7.98. The van der Waals surface area contributed by atoms with E-state index in [-0.39, 0.29) is 0 Å². The molecule has 0 saturated carbocycles. The number of aryl methyl sites for hydroxylation is 1. The number of hydrogen-bond donors (Lipinski definition) is 2. The fourth-order valence-electron chi connectivity index (χ4n) is 2.71. The highest BCUT2D eigenvalue weighted by atomic mass is 32.1. The second-order valence-electron chi connectivity index (χ2n) is 7.09. The molecule has 0 amide bonds. The number of nitrogens with one attached hydrogen (secondary N) is 2. The van der Waals surface area contributed by atoms with Gasteiger partial charge in [-0.25, -0.2) is 4.98 Å². The number of hydrogen-bond acceptors (Lipinski definition) is 5. The van der Waals surface area contributed by atoms with E-state index in [0.29, 0.717) is 32.3 Å². The van der Waals surface area contributed by atoms with Crippen LogP contribution in [-0.2, 0) is 17.7 Å². The molecule has 0 bridgehead atoms. The summed E-state index contributed by atoms with van der Waals surface area (Å²) < 4.78 is 11.3. The Hall–Kier alpha value is -2.12. The van der Waals surface area contributed by atoms with Crippen LogP contribution in [0.15, 0.2) is 28.6 Å². The number of thiazole rings is 1. The highest BCUT2D eigenvalue weighted by Crippen LogP contribution is 2.20. The average molecular weight is 419 g/mol. The SMILES string of the molecule is CCOCCOc1cc(C)ccc1CNC(=NC)NCCc1csc(C(C)C)n1. The van der Waals surface area contributed by atoms with Crippen molar-refractivity contribution in [2.45, 2.75) is 46.6 Å². The van der Waals surface area contributed by atoms with Crippen LogP contribution < -0.4 is 15.4 Å². The molecule has 0 saturated heterocycles. The monoisotopic (exact) mass is 418 g/mol. The molecule has 0 aliphatic heterocycles. The van der Waals surface area contributed by atoms with E-state index in [2.05, 4.69) is 65.0 Å². The zero-order chi connectivity index (χ0) is 21.1. The van der Waals surface area contributed by atoms with Gasteiger partial charge in [0.15, 0.2) is 5.96 Å². The summed E-state index contributed by atoms with van der Waals surface area (Å²) in [7, 11) is 1.78. The van der Waals surface area contributed by atoms with Crippen molar-refractivity contribution >= 4 is 17.3 Å². The quantitative estimate of drug-likeness (QED) is 0.329. The maximum Gasteiger partial charge on any atom is 0.191 e. The summed E-state index contributed by atoms with van der Waals surface area (Å²) in [5.74, 6) is 2.14. The molecule has 2 rings (SSSR count). The first kappa shape index (κ1) is 23.2. The molecule has 0 spiro atoms. The lowest BCUT2D eigenvalue weighted by molar-refractivity contribution is 0.110. The fraction of sp³-hybridized carbons (Fsp3) is 0.545. The van der Waals surface area contributed by atoms with E-state index in [4.69, 9.17) is 9.47 Å². The van der Waals surface area contributed by atoms with Gasteiger partial charge in [0.25, 0.3) is 0 Å². The van der Waals surface area contributed by atoms with Gasteiger partial charge < -0.3 is 20.1 Å². The highest BCUT2D eigenvalue weighted by molar-refractivity contribution is 7.09. The largest absolute Gasteiger partial charge is 0.491 e. The maximum absolute atomic E-state index is 5.91. The molecule has 1 heterocycles. The Morgan fingerprint density at radius 2 is 2.07 bits per heavy atom. The van der Waals surface area contributed by atoms with E-state index in [9.17, 15) is 0 Å². The summed E-state index contributed by atoms with van der Waals surface area (Å²) in [6.07, 6.45) is 0.875. The van der Waals surface area contributed by atoms with Gasteiger partial charge in [0.05, 0.1) is 17.3 Å². The van der Waals surface area contributed by atoms with E-state index in [1.165, 1.54) is 10.6 Å².